The van der Waals surface area contributed by atoms with Gasteiger partial charge in [0.1, 0.15) is 0 Å². The molecule has 0 amide bonds. The number of carboxylic acid groups (broad SMARTS) is 5. The lowest BCUT2D eigenvalue weighted by Gasteiger charge is -2.35. The molecule has 0 spiro atoms. The molecule has 37 heavy (non-hydrogen) atoms. The van der Waals surface area contributed by atoms with Crippen molar-refractivity contribution in [1.82, 2.24) is 15.1 Å². The number of aliphatic carboxylic acids is 5. The van der Waals surface area contributed by atoms with Gasteiger partial charge in [0.25, 0.3) is 0 Å². The van der Waals surface area contributed by atoms with Crippen LogP contribution >= 0.6 is 12.2 Å². The van der Waals surface area contributed by atoms with E-state index in [1.807, 2.05) is 0 Å². The molecular weight excluding hydrogens is 512 g/mol. The van der Waals surface area contributed by atoms with E-state index in [0.29, 0.717) is 11.3 Å². The largest absolute Gasteiger partial charge is 0.480 e. The Bertz CT molecular complexity index is 999. The Morgan fingerprint density at radius 3 is 1.84 bits per heavy atom. The smallest absolute Gasteiger partial charge is 0.332 e. The quantitative estimate of drug-likeness (QED) is 0.0801. The second kappa shape index (κ2) is 15.4. The van der Waals surface area contributed by atoms with Gasteiger partial charge < -0.3 is 25.5 Å². The van der Waals surface area contributed by atoms with E-state index in [0.717, 1.165) is 0 Å². The van der Waals surface area contributed by atoms with Crippen molar-refractivity contribution in [3.05, 3.63) is 29.8 Å². The first-order valence-corrected chi connectivity index (χ1v) is 11.2. The first-order chi connectivity index (χ1) is 17.3. The van der Waals surface area contributed by atoms with Crippen LogP contribution in [-0.2, 0) is 30.4 Å². The van der Waals surface area contributed by atoms with Gasteiger partial charge in [-0.15, -0.1) is 0 Å². The Balaban J connectivity index is 3.26. The van der Waals surface area contributed by atoms with E-state index in [1.165, 1.54) is 16.7 Å². The summed E-state index contributed by atoms with van der Waals surface area (Å²) in [4.78, 5) is 63.2. The molecule has 0 aromatic heterocycles. The maximum absolute atomic E-state index is 11.5. The number of isothiocyanates is 1. The maximum Gasteiger partial charge on any atom is 0.332 e. The van der Waals surface area contributed by atoms with Crippen LogP contribution < -0.4 is 5.32 Å². The summed E-state index contributed by atoms with van der Waals surface area (Å²) in [6, 6.07) is 3.07. The summed E-state index contributed by atoms with van der Waals surface area (Å²) < 4.78 is 0. The zero-order valence-electron chi connectivity index (χ0n) is 19.8. The number of rotatable bonds is 18. The molecule has 0 aliphatic heterocycles. The Labute approximate surface area is 216 Å². The van der Waals surface area contributed by atoms with Crippen LogP contribution in [-0.4, -0.2) is 121 Å². The Morgan fingerprint density at radius 1 is 0.892 bits per heavy atom. The summed E-state index contributed by atoms with van der Waals surface area (Å²) >= 11 is 4.56. The van der Waals surface area contributed by atoms with Gasteiger partial charge in [-0.05, 0) is 43.3 Å². The lowest BCUT2D eigenvalue weighted by molar-refractivity contribution is -0.152. The van der Waals surface area contributed by atoms with E-state index in [-0.39, 0.29) is 19.5 Å². The van der Waals surface area contributed by atoms with Crippen LogP contribution in [0.5, 0.6) is 0 Å². The molecule has 6 N–H and O–H groups in total. The van der Waals surface area contributed by atoms with Gasteiger partial charge in [0, 0.05) is 25.2 Å². The van der Waals surface area contributed by atoms with Crippen molar-refractivity contribution in [3.63, 3.8) is 0 Å². The standard InChI is InChI=1S/C22H28N4O10S/c1-13(24-20(21(33)34)22(35)36)7-25(9-17(27)28)8-16(26(10-18(29)30)11-19(31)32)6-14-2-4-15(5-3-14)23-12-37/h2-5,13,16,20,24H,6-11H2,1H3,(H,27,28)(H,29,30)(H,31,32)(H,33,34)(H,35,36)/t13-,16-/m0/s1. The van der Waals surface area contributed by atoms with E-state index < -0.39 is 67.6 Å². The number of benzene rings is 1. The van der Waals surface area contributed by atoms with Crippen LogP contribution in [0.4, 0.5) is 5.69 Å². The molecule has 0 radical (unpaired) electrons. The zero-order valence-corrected chi connectivity index (χ0v) is 20.6. The minimum absolute atomic E-state index is 0.121. The Morgan fingerprint density at radius 2 is 1.41 bits per heavy atom. The normalized spacial score (nSPS) is 12.6. The third kappa shape index (κ3) is 12.2. The summed E-state index contributed by atoms with van der Waals surface area (Å²) in [5, 5.41) is 50.9. The fourth-order valence-electron chi connectivity index (χ4n) is 3.67. The van der Waals surface area contributed by atoms with Crippen LogP contribution in [0.15, 0.2) is 29.3 Å². The molecule has 0 saturated carbocycles. The van der Waals surface area contributed by atoms with Gasteiger partial charge in [-0.25, -0.2) is 9.59 Å². The highest BCUT2D eigenvalue weighted by Gasteiger charge is 2.30. The monoisotopic (exact) mass is 540 g/mol. The SMILES string of the molecule is C[C@@H](CN(CC(=O)O)C[C@H](Cc1ccc(N=C=S)cc1)N(CC(=O)O)CC(=O)O)NC(C(=O)O)C(=O)O. The average Bonchev–Trinajstić information content (AvgIpc) is 2.76. The Hall–Kier alpha value is -3.75. The molecule has 0 aliphatic rings. The van der Waals surface area contributed by atoms with E-state index in [1.54, 1.807) is 24.3 Å². The molecule has 0 heterocycles. The molecule has 1 aromatic rings. The first kappa shape index (κ1) is 31.3. The van der Waals surface area contributed by atoms with Gasteiger partial charge in [-0.1, -0.05) is 12.1 Å². The molecule has 0 bridgehead atoms. The van der Waals surface area contributed by atoms with Gasteiger partial charge in [0.2, 0.25) is 6.04 Å². The fraction of sp³-hybridized carbons (Fsp3) is 0.455. The lowest BCUT2D eigenvalue weighted by Crippen LogP contribution is -2.54. The Kier molecular flexibility index (Phi) is 13.0. The predicted octanol–water partition coefficient (Wildman–Crippen LogP) is -0.294. The van der Waals surface area contributed by atoms with Gasteiger partial charge in [-0.2, -0.15) is 4.99 Å². The summed E-state index contributed by atoms with van der Waals surface area (Å²) in [6.07, 6.45) is 0.132. The molecule has 14 nitrogen and oxygen atoms in total. The van der Waals surface area contributed by atoms with Crippen molar-refractivity contribution in [3.8, 4) is 0 Å². The first-order valence-electron chi connectivity index (χ1n) is 10.8. The maximum atomic E-state index is 11.5. The van der Waals surface area contributed by atoms with E-state index in [9.17, 15) is 39.3 Å². The van der Waals surface area contributed by atoms with E-state index in [2.05, 4.69) is 27.7 Å². The number of carboxylic acids is 5. The molecule has 0 unspecified atom stereocenters. The minimum Gasteiger partial charge on any atom is -0.480 e. The molecule has 15 heteroatoms. The van der Waals surface area contributed by atoms with Crippen LogP contribution in [0, 0.1) is 0 Å². The second-order valence-electron chi connectivity index (χ2n) is 8.18. The molecule has 1 aromatic carbocycles. The molecule has 2 atom stereocenters. The van der Waals surface area contributed by atoms with Crippen molar-refractivity contribution in [2.24, 2.45) is 4.99 Å². The number of aliphatic imine (C=N–C) groups is 1. The lowest BCUT2D eigenvalue weighted by atomic mass is 10.0. The highest BCUT2D eigenvalue weighted by Crippen LogP contribution is 2.16. The van der Waals surface area contributed by atoms with Crippen molar-refractivity contribution in [1.29, 1.82) is 0 Å². The fourth-order valence-corrected chi connectivity index (χ4v) is 3.77. The molecule has 1 rings (SSSR count). The van der Waals surface area contributed by atoms with Gasteiger partial charge in [0.15, 0.2) is 0 Å². The van der Waals surface area contributed by atoms with E-state index in [4.69, 9.17) is 10.2 Å². The van der Waals surface area contributed by atoms with Crippen LogP contribution in [0.2, 0.25) is 0 Å². The topological polar surface area (TPSA) is 217 Å². The number of nitrogens with one attached hydrogen (secondary N) is 1. The van der Waals surface area contributed by atoms with Crippen LogP contribution in [0.25, 0.3) is 0 Å². The van der Waals surface area contributed by atoms with Gasteiger partial charge >= 0.3 is 29.8 Å². The number of carbonyl (C=O) groups is 5. The van der Waals surface area contributed by atoms with Crippen molar-refractivity contribution in [2.75, 3.05) is 32.7 Å². The molecular formula is C22H28N4O10S. The average molecular weight is 541 g/mol. The predicted molar refractivity (Wildman–Crippen MR) is 131 cm³/mol. The molecule has 0 fully saturated rings. The summed E-state index contributed by atoms with van der Waals surface area (Å²) in [7, 11) is 0. The molecule has 0 aliphatic carbocycles. The number of thiocarbonyl (C=S) groups is 1. The summed E-state index contributed by atoms with van der Waals surface area (Å²) in [5.41, 5.74) is 1.19. The highest BCUT2D eigenvalue weighted by atomic mass is 32.1. The third-order valence-corrected chi connectivity index (χ3v) is 5.17. The highest BCUT2D eigenvalue weighted by molar-refractivity contribution is 7.78. The minimum atomic E-state index is -1.93. The number of hydrogen-bond acceptors (Lipinski definition) is 10. The molecule has 0 saturated heterocycles. The summed E-state index contributed by atoms with van der Waals surface area (Å²) in [5.74, 6) is -7.08. The van der Waals surface area contributed by atoms with Gasteiger partial charge in [0.05, 0.1) is 30.5 Å². The second-order valence-corrected chi connectivity index (χ2v) is 8.37. The van der Waals surface area contributed by atoms with Crippen molar-refractivity contribution >= 4 is 52.9 Å². The van der Waals surface area contributed by atoms with Crippen molar-refractivity contribution < 1.29 is 49.5 Å². The van der Waals surface area contributed by atoms with Crippen LogP contribution in [0.1, 0.15) is 12.5 Å². The molecule has 202 valence electrons. The summed E-state index contributed by atoms with van der Waals surface area (Å²) in [6.45, 7) is -0.619. The van der Waals surface area contributed by atoms with Crippen molar-refractivity contribution in [2.45, 2.75) is 31.5 Å². The van der Waals surface area contributed by atoms with Gasteiger partial charge in [-0.3, -0.25) is 29.5 Å². The number of nitrogens with zero attached hydrogens (tertiary/aromatic N) is 3. The van der Waals surface area contributed by atoms with Crippen LogP contribution in [0.3, 0.4) is 0 Å². The third-order valence-electron chi connectivity index (χ3n) is 5.08. The number of hydrogen-bond donors (Lipinski definition) is 6. The van der Waals surface area contributed by atoms with E-state index >= 15 is 0 Å². The zero-order chi connectivity index (χ0) is 28.1.